The van der Waals surface area contributed by atoms with Gasteiger partial charge in [-0.25, -0.2) is 18.0 Å². The van der Waals surface area contributed by atoms with Crippen molar-refractivity contribution in [2.45, 2.75) is 18.6 Å². The van der Waals surface area contributed by atoms with Crippen LogP contribution in [0, 0.1) is 17.5 Å². The van der Waals surface area contributed by atoms with Crippen LogP contribution in [-0.4, -0.2) is 25.0 Å². The third-order valence-corrected chi connectivity index (χ3v) is 3.72. The zero-order chi connectivity index (χ0) is 21.1. The highest BCUT2D eigenvalue weighted by Gasteiger charge is 2.31. The Kier molecular flexibility index (Phi) is 6.32. The summed E-state index contributed by atoms with van der Waals surface area (Å²) in [4.78, 5) is 24.0. The van der Waals surface area contributed by atoms with Crippen molar-refractivity contribution in [2.24, 2.45) is 0 Å². The van der Waals surface area contributed by atoms with Gasteiger partial charge in [0.15, 0.2) is 0 Å². The van der Waals surface area contributed by atoms with Crippen LogP contribution in [-0.2, 0) is 22.1 Å². The summed E-state index contributed by atoms with van der Waals surface area (Å²) in [6, 6.07) is 2.98. The van der Waals surface area contributed by atoms with Crippen molar-refractivity contribution in [1.82, 2.24) is 5.32 Å². The summed E-state index contributed by atoms with van der Waals surface area (Å²) in [5, 5.41) is 1.99. The van der Waals surface area contributed by atoms with E-state index in [1.807, 2.05) is 5.32 Å². The third-order valence-electron chi connectivity index (χ3n) is 3.72. The van der Waals surface area contributed by atoms with Gasteiger partial charge in [0.05, 0.1) is 12.7 Å². The molecule has 0 bridgehead atoms. The van der Waals surface area contributed by atoms with Gasteiger partial charge >= 0.3 is 12.1 Å². The molecule has 0 aliphatic rings. The fourth-order valence-corrected chi connectivity index (χ4v) is 2.44. The van der Waals surface area contributed by atoms with Crippen LogP contribution in [0.5, 0.6) is 0 Å². The molecular formula is C18H13F6NO3. The van der Waals surface area contributed by atoms with Crippen LogP contribution in [0.25, 0.3) is 0 Å². The number of carbonyl (C=O) groups is 2. The molecule has 0 fully saturated rings. The molecule has 2 rings (SSSR count). The molecule has 0 saturated carbocycles. The van der Waals surface area contributed by atoms with Crippen molar-refractivity contribution in [3.8, 4) is 0 Å². The molecule has 0 aromatic heterocycles. The second-order valence-corrected chi connectivity index (χ2v) is 5.70. The summed E-state index contributed by atoms with van der Waals surface area (Å²) in [6.07, 6.45) is -5.06. The van der Waals surface area contributed by atoms with E-state index >= 15 is 0 Å². The van der Waals surface area contributed by atoms with Gasteiger partial charge in [-0.2, -0.15) is 13.2 Å². The van der Waals surface area contributed by atoms with Crippen molar-refractivity contribution in [1.29, 1.82) is 0 Å². The summed E-state index contributed by atoms with van der Waals surface area (Å²) in [7, 11) is 0.965. The number of ether oxygens (including phenoxy) is 1. The third kappa shape index (κ3) is 5.02. The number of halogens is 6. The van der Waals surface area contributed by atoms with Gasteiger partial charge in [-0.3, -0.25) is 4.79 Å². The van der Waals surface area contributed by atoms with Gasteiger partial charge in [0.1, 0.15) is 29.1 Å². The van der Waals surface area contributed by atoms with E-state index < -0.39 is 59.1 Å². The van der Waals surface area contributed by atoms with Crippen LogP contribution in [0.1, 0.15) is 21.5 Å². The molecule has 0 aliphatic carbocycles. The van der Waals surface area contributed by atoms with E-state index in [1.165, 1.54) is 6.07 Å². The Balaban J connectivity index is 2.28. The number of rotatable bonds is 5. The lowest BCUT2D eigenvalue weighted by Gasteiger charge is -2.18. The van der Waals surface area contributed by atoms with Crippen molar-refractivity contribution < 1.29 is 40.7 Å². The van der Waals surface area contributed by atoms with Crippen molar-refractivity contribution in [3.63, 3.8) is 0 Å². The van der Waals surface area contributed by atoms with E-state index in [9.17, 15) is 35.9 Å². The second-order valence-electron chi connectivity index (χ2n) is 5.70. The van der Waals surface area contributed by atoms with Crippen LogP contribution in [0.4, 0.5) is 26.3 Å². The van der Waals surface area contributed by atoms with Crippen LogP contribution in [0.2, 0.25) is 0 Å². The van der Waals surface area contributed by atoms with E-state index in [0.717, 1.165) is 25.3 Å². The molecule has 2 aromatic carbocycles. The molecule has 0 saturated heterocycles. The molecule has 0 unspecified atom stereocenters. The molecule has 1 amide bonds. The fourth-order valence-electron chi connectivity index (χ4n) is 2.44. The lowest BCUT2D eigenvalue weighted by Crippen LogP contribution is -2.43. The highest BCUT2D eigenvalue weighted by molar-refractivity contribution is 5.97. The summed E-state index contributed by atoms with van der Waals surface area (Å²) in [5.41, 5.74) is -2.10. The molecule has 0 radical (unpaired) electrons. The van der Waals surface area contributed by atoms with Gasteiger partial charge in [0.25, 0.3) is 5.91 Å². The maximum absolute atomic E-state index is 13.7. The number of carbonyl (C=O) groups excluding carboxylic acids is 2. The summed E-state index contributed by atoms with van der Waals surface area (Å²) < 4.78 is 83.3. The molecule has 0 spiro atoms. The van der Waals surface area contributed by atoms with E-state index in [0.29, 0.717) is 0 Å². The van der Waals surface area contributed by atoms with Gasteiger partial charge in [0.2, 0.25) is 0 Å². The van der Waals surface area contributed by atoms with Crippen LogP contribution >= 0.6 is 0 Å². The first-order chi connectivity index (χ1) is 13.0. The minimum absolute atomic E-state index is 0.0191. The average molecular weight is 405 g/mol. The summed E-state index contributed by atoms with van der Waals surface area (Å²) in [6.45, 7) is 0. The normalized spacial score (nSPS) is 12.4. The number of methoxy groups -OCH3 is 1. The monoisotopic (exact) mass is 405 g/mol. The number of alkyl halides is 3. The van der Waals surface area contributed by atoms with Gasteiger partial charge in [-0.1, -0.05) is 18.2 Å². The Hall–Kier alpha value is -3.04. The van der Waals surface area contributed by atoms with E-state index in [2.05, 4.69) is 4.74 Å². The maximum atomic E-state index is 13.7. The molecule has 10 heteroatoms. The van der Waals surface area contributed by atoms with Gasteiger partial charge < -0.3 is 10.1 Å². The van der Waals surface area contributed by atoms with E-state index in [-0.39, 0.29) is 17.7 Å². The fraction of sp³-hybridized carbons (Fsp3) is 0.222. The van der Waals surface area contributed by atoms with Crippen LogP contribution in [0.3, 0.4) is 0 Å². The molecule has 2 aromatic rings. The highest BCUT2D eigenvalue weighted by Crippen LogP contribution is 2.29. The minimum Gasteiger partial charge on any atom is -0.467 e. The van der Waals surface area contributed by atoms with Gasteiger partial charge in [-0.15, -0.1) is 0 Å². The van der Waals surface area contributed by atoms with Crippen LogP contribution < -0.4 is 5.32 Å². The Morgan fingerprint density at radius 3 is 2.21 bits per heavy atom. The number of hydrogen-bond donors (Lipinski definition) is 1. The van der Waals surface area contributed by atoms with Crippen molar-refractivity contribution in [2.75, 3.05) is 7.11 Å². The maximum Gasteiger partial charge on any atom is 0.416 e. The van der Waals surface area contributed by atoms with Crippen LogP contribution in [0.15, 0.2) is 36.4 Å². The predicted octanol–water partition coefficient (Wildman–Crippen LogP) is 3.64. The molecule has 28 heavy (non-hydrogen) atoms. The topological polar surface area (TPSA) is 55.4 Å². The zero-order valence-corrected chi connectivity index (χ0v) is 14.2. The van der Waals surface area contributed by atoms with Gasteiger partial charge in [0, 0.05) is 18.6 Å². The second kappa shape index (κ2) is 8.32. The lowest BCUT2D eigenvalue weighted by molar-refractivity contribution is -0.142. The first-order valence-electron chi connectivity index (χ1n) is 7.72. The smallest absolute Gasteiger partial charge is 0.416 e. The number of nitrogens with one attached hydrogen (secondary N) is 1. The number of hydrogen-bond acceptors (Lipinski definition) is 3. The number of amides is 1. The molecule has 4 nitrogen and oxygen atoms in total. The Morgan fingerprint density at radius 2 is 1.68 bits per heavy atom. The molecule has 1 N–H and O–H groups in total. The standard InChI is InChI=1S/C18H13F6NO3/c1-28-17(27)14(6-9-3-2-4-10(5-9)18(22,23)24)25-16(26)15-12(20)7-11(19)8-13(15)21/h2-5,7-8,14H,6H2,1H3,(H,25,26)/t14-/m0/s1. The molecular weight excluding hydrogens is 392 g/mol. The first kappa shape index (κ1) is 21.3. The minimum atomic E-state index is -4.62. The zero-order valence-electron chi connectivity index (χ0n) is 14.2. The van der Waals surface area contributed by atoms with Crippen molar-refractivity contribution >= 4 is 11.9 Å². The SMILES string of the molecule is COC(=O)[C@H](Cc1cccc(C(F)(F)F)c1)NC(=O)c1c(F)cc(F)cc1F. The van der Waals surface area contributed by atoms with E-state index in [4.69, 9.17) is 0 Å². The lowest BCUT2D eigenvalue weighted by atomic mass is 10.0. The molecule has 0 aliphatic heterocycles. The van der Waals surface area contributed by atoms with Crippen molar-refractivity contribution in [3.05, 3.63) is 70.5 Å². The number of benzene rings is 2. The van der Waals surface area contributed by atoms with Gasteiger partial charge in [-0.05, 0) is 11.6 Å². The Morgan fingerprint density at radius 1 is 1.07 bits per heavy atom. The Bertz CT molecular complexity index is 874. The molecule has 150 valence electrons. The number of esters is 1. The predicted molar refractivity (Wildman–Crippen MR) is 84.7 cm³/mol. The largest absolute Gasteiger partial charge is 0.467 e. The first-order valence-corrected chi connectivity index (χ1v) is 7.72. The molecule has 0 heterocycles. The highest BCUT2D eigenvalue weighted by atomic mass is 19.4. The summed E-state index contributed by atoms with van der Waals surface area (Å²) >= 11 is 0. The summed E-state index contributed by atoms with van der Waals surface area (Å²) in [5.74, 6) is -6.69. The quantitative estimate of drug-likeness (QED) is 0.611. The molecule has 1 atom stereocenters. The Labute approximate surface area is 155 Å². The average Bonchev–Trinajstić information content (AvgIpc) is 2.59. The van der Waals surface area contributed by atoms with E-state index in [1.54, 1.807) is 0 Å².